The molecule has 0 aliphatic heterocycles. The highest BCUT2D eigenvalue weighted by molar-refractivity contribution is 5.68. The van der Waals surface area contributed by atoms with Gasteiger partial charge in [0.15, 0.2) is 0 Å². The highest BCUT2D eigenvalue weighted by Crippen LogP contribution is 2.11. The van der Waals surface area contributed by atoms with Crippen LogP contribution in [0.25, 0.3) is 0 Å². The Balaban J connectivity index is 0. The van der Waals surface area contributed by atoms with E-state index in [0.717, 1.165) is 0 Å². The zero-order valence-corrected chi connectivity index (χ0v) is 9.14. The molecule has 6 heteroatoms. The maximum Gasteiger partial charge on any atom is 0.305 e. The first-order valence-electron chi connectivity index (χ1n) is 4.56. The zero-order chi connectivity index (χ0) is 12.3. The molecule has 0 bridgehead atoms. The topological polar surface area (TPSA) is 107 Å². The smallest absolute Gasteiger partial charge is 0.305 e. The summed E-state index contributed by atoms with van der Waals surface area (Å²) in [6, 6.07) is 0. The molecular weight excluding hydrogens is 204 g/mol. The van der Waals surface area contributed by atoms with Gasteiger partial charge in [0.05, 0.1) is 39.0 Å². The molecule has 92 valence electrons. The van der Waals surface area contributed by atoms with E-state index in [-0.39, 0.29) is 5.97 Å². The van der Waals surface area contributed by atoms with E-state index in [9.17, 15) is 4.79 Å². The number of methoxy groups -OCH3 is 1. The largest absolute Gasteiger partial charge is 0.469 e. The summed E-state index contributed by atoms with van der Waals surface area (Å²) in [7, 11) is 1.38. The van der Waals surface area contributed by atoms with Crippen molar-refractivity contribution in [2.24, 2.45) is 5.41 Å². The molecular formula is C9H20O6. The van der Waals surface area contributed by atoms with Crippen molar-refractivity contribution in [2.75, 3.05) is 33.5 Å². The third-order valence-electron chi connectivity index (χ3n) is 1.86. The molecule has 6 nitrogen and oxygen atoms in total. The number of ether oxygens (including phenoxy) is 1. The molecule has 0 saturated heterocycles. The van der Waals surface area contributed by atoms with Crippen molar-refractivity contribution in [3.8, 4) is 0 Å². The minimum Gasteiger partial charge on any atom is -0.469 e. The Kier molecular flexibility index (Phi) is 11.0. The Morgan fingerprint density at radius 1 is 1.07 bits per heavy atom. The van der Waals surface area contributed by atoms with E-state index in [2.05, 4.69) is 4.74 Å². The lowest BCUT2D eigenvalue weighted by molar-refractivity contribution is -0.140. The van der Waals surface area contributed by atoms with Gasteiger partial charge in [0.25, 0.3) is 0 Å². The van der Waals surface area contributed by atoms with Crippen LogP contribution < -0.4 is 0 Å². The van der Waals surface area contributed by atoms with Crippen LogP contribution in [-0.4, -0.2) is 59.9 Å². The van der Waals surface area contributed by atoms with Crippen molar-refractivity contribution >= 4 is 5.97 Å². The van der Waals surface area contributed by atoms with Gasteiger partial charge in [-0.25, -0.2) is 0 Å². The van der Waals surface area contributed by atoms with Gasteiger partial charge in [0, 0.05) is 6.42 Å². The Morgan fingerprint density at radius 3 is 1.40 bits per heavy atom. The fraction of sp³-hybridized carbons (Fsp3) is 0.889. The van der Waals surface area contributed by atoms with Crippen LogP contribution in [0.5, 0.6) is 0 Å². The lowest BCUT2D eigenvalue weighted by Gasteiger charge is -2.23. The molecule has 0 aromatic carbocycles. The molecule has 0 heterocycles. The maximum atomic E-state index is 9.96. The molecule has 0 aliphatic carbocycles. The summed E-state index contributed by atoms with van der Waals surface area (Å²) >= 11 is 0. The van der Waals surface area contributed by atoms with Crippen molar-refractivity contribution in [3.05, 3.63) is 0 Å². The number of carbonyl (C=O) groups excluding carboxylic acids is 1. The van der Waals surface area contributed by atoms with Gasteiger partial charge in [-0.15, -0.1) is 0 Å². The first-order chi connectivity index (χ1) is 7.05. The molecule has 0 spiro atoms. The lowest BCUT2D eigenvalue weighted by atomic mass is 9.93. The van der Waals surface area contributed by atoms with Gasteiger partial charge in [-0.3, -0.25) is 4.79 Å². The fourth-order valence-electron chi connectivity index (χ4n) is 0.444. The molecule has 0 aromatic rings. The van der Waals surface area contributed by atoms with Crippen LogP contribution >= 0.6 is 0 Å². The summed E-state index contributed by atoms with van der Waals surface area (Å²) in [5.74, 6) is -0.157. The average molecular weight is 224 g/mol. The number of aliphatic hydroxyl groups excluding tert-OH is 4. The molecule has 0 rings (SSSR count). The van der Waals surface area contributed by atoms with Gasteiger partial charge >= 0.3 is 5.97 Å². The Labute approximate surface area is 89.1 Å². The zero-order valence-electron chi connectivity index (χ0n) is 9.14. The SMILES string of the molecule is CCC(=O)OC.OCC(CO)(CO)CO. The van der Waals surface area contributed by atoms with Crippen LogP contribution in [0, 0.1) is 5.41 Å². The monoisotopic (exact) mass is 224 g/mol. The average Bonchev–Trinajstić information content (AvgIpc) is 2.32. The third-order valence-corrected chi connectivity index (χ3v) is 1.86. The molecule has 0 unspecified atom stereocenters. The second kappa shape index (κ2) is 9.85. The van der Waals surface area contributed by atoms with Gasteiger partial charge in [-0.05, 0) is 0 Å². The van der Waals surface area contributed by atoms with E-state index in [1.807, 2.05) is 0 Å². The summed E-state index contributed by atoms with van der Waals surface area (Å²) in [5, 5.41) is 34.0. The summed E-state index contributed by atoms with van der Waals surface area (Å²) in [6.45, 7) is 0.131. The van der Waals surface area contributed by atoms with E-state index in [0.29, 0.717) is 6.42 Å². The third kappa shape index (κ3) is 7.26. The van der Waals surface area contributed by atoms with Gasteiger partial charge < -0.3 is 25.2 Å². The Morgan fingerprint density at radius 2 is 1.40 bits per heavy atom. The Hall–Kier alpha value is -0.690. The number of carbonyl (C=O) groups is 1. The highest BCUT2D eigenvalue weighted by atomic mass is 16.5. The summed E-state index contributed by atoms with van der Waals surface area (Å²) in [5.41, 5.74) is -1.11. The summed E-state index contributed by atoms with van der Waals surface area (Å²) < 4.78 is 4.26. The number of rotatable bonds is 5. The lowest BCUT2D eigenvalue weighted by Crippen LogP contribution is -2.37. The van der Waals surface area contributed by atoms with Gasteiger partial charge in [-0.2, -0.15) is 0 Å². The first kappa shape index (κ1) is 16.7. The van der Waals surface area contributed by atoms with E-state index < -0.39 is 31.8 Å². The second-order valence-electron chi connectivity index (χ2n) is 3.06. The van der Waals surface area contributed by atoms with Crippen LogP contribution in [-0.2, 0) is 9.53 Å². The van der Waals surface area contributed by atoms with Crippen LogP contribution in [0.1, 0.15) is 13.3 Å². The van der Waals surface area contributed by atoms with Gasteiger partial charge in [0.2, 0.25) is 0 Å². The molecule has 0 saturated carbocycles. The van der Waals surface area contributed by atoms with Gasteiger partial charge in [0.1, 0.15) is 0 Å². The standard InChI is InChI=1S/C5H12O4.C4H8O2/c6-1-5(2-7,3-8)4-9;1-3-4(5)6-2/h6-9H,1-4H2;3H2,1-2H3. The van der Waals surface area contributed by atoms with Crippen LogP contribution in [0.15, 0.2) is 0 Å². The number of aliphatic hydroxyl groups is 4. The molecule has 15 heavy (non-hydrogen) atoms. The molecule has 4 N–H and O–H groups in total. The Bertz CT molecular complexity index is 131. The van der Waals surface area contributed by atoms with Crippen LogP contribution in [0.4, 0.5) is 0 Å². The van der Waals surface area contributed by atoms with E-state index in [1.165, 1.54) is 7.11 Å². The quantitative estimate of drug-likeness (QED) is 0.424. The molecule has 0 amide bonds. The minimum absolute atomic E-state index is 0.157. The minimum atomic E-state index is -1.11. The van der Waals surface area contributed by atoms with E-state index in [4.69, 9.17) is 20.4 Å². The number of hydrogen-bond donors (Lipinski definition) is 4. The maximum absolute atomic E-state index is 9.96. The molecule has 0 aliphatic rings. The predicted octanol–water partition coefficient (Wildman–Crippen LogP) is -1.49. The number of hydrogen-bond acceptors (Lipinski definition) is 6. The highest BCUT2D eigenvalue weighted by Gasteiger charge is 2.26. The number of esters is 1. The predicted molar refractivity (Wildman–Crippen MR) is 53.1 cm³/mol. The molecule has 0 radical (unpaired) electrons. The molecule has 0 fully saturated rings. The second-order valence-corrected chi connectivity index (χ2v) is 3.06. The normalized spacial score (nSPS) is 10.3. The van der Waals surface area contributed by atoms with Crippen molar-refractivity contribution in [2.45, 2.75) is 13.3 Å². The summed E-state index contributed by atoms with van der Waals surface area (Å²) in [4.78, 5) is 9.96. The van der Waals surface area contributed by atoms with Crippen molar-refractivity contribution < 1.29 is 30.0 Å². The van der Waals surface area contributed by atoms with Crippen LogP contribution in [0.2, 0.25) is 0 Å². The fourth-order valence-corrected chi connectivity index (χ4v) is 0.444. The first-order valence-corrected chi connectivity index (χ1v) is 4.56. The van der Waals surface area contributed by atoms with Gasteiger partial charge in [-0.1, -0.05) is 6.92 Å². The molecule has 0 aromatic heterocycles. The van der Waals surface area contributed by atoms with Crippen molar-refractivity contribution in [3.63, 3.8) is 0 Å². The van der Waals surface area contributed by atoms with Crippen molar-refractivity contribution in [1.82, 2.24) is 0 Å². The molecule has 0 atom stereocenters. The van der Waals surface area contributed by atoms with Crippen LogP contribution in [0.3, 0.4) is 0 Å². The van der Waals surface area contributed by atoms with E-state index >= 15 is 0 Å². The van der Waals surface area contributed by atoms with E-state index in [1.54, 1.807) is 6.92 Å². The summed E-state index contributed by atoms with van der Waals surface area (Å²) in [6.07, 6.45) is 0.469. The van der Waals surface area contributed by atoms with Crippen molar-refractivity contribution in [1.29, 1.82) is 0 Å².